The largest absolute Gasteiger partial charge is 0.291 e. The molecule has 0 unspecified atom stereocenters. The van der Waals surface area contributed by atoms with Crippen molar-refractivity contribution in [1.82, 2.24) is 25.4 Å². The number of amides is 1. The van der Waals surface area contributed by atoms with Crippen molar-refractivity contribution >= 4 is 34.5 Å². The number of carbonyl (C=O) groups excluding carboxylic acids is 1. The number of hydrogen-bond acceptors (Lipinski definition) is 5. The first kappa shape index (κ1) is 13.6. The Labute approximate surface area is 124 Å². The van der Waals surface area contributed by atoms with Gasteiger partial charge in [-0.25, -0.2) is 5.10 Å². The number of hydrogen-bond donors (Lipinski definition) is 3. The maximum absolute atomic E-state index is 12.3. The van der Waals surface area contributed by atoms with Crippen LogP contribution in [0.1, 0.15) is 24.2 Å². The molecule has 21 heavy (non-hydrogen) atoms. The summed E-state index contributed by atoms with van der Waals surface area (Å²) in [5, 5.41) is 18.1. The minimum atomic E-state index is -0.262. The topological polar surface area (TPSA) is 99.4 Å². The molecule has 0 bridgehead atoms. The zero-order valence-corrected chi connectivity index (χ0v) is 12.4. The third kappa shape index (κ3) is 2.89. The fraction of sp³-hybridized carbons (Fsp3) is 0.231. The van der Waals surface area contributed by atoms with E-state index >= 15 is 0 Å². The molecule has 2 heterocycles. The van der Waals surface area contributed by atoms with E-state index in [0.29, 0.717) is 27.4 Å². The molecule has 7 nitrogen and oxygen atoms in total. The van der Waals surface area contributed by atoms with E-state index in [1.165, 1.54) is 11.8 Å². The van der Waals surface area contributed by atoms with Gasteiger partial charge >= 0.3 is 0 Å². The summed E-state index contributed by atoms with van der Waals surface area (Å²) in [6.07, 6.45) is 1.68. The van der Waals surface area contributed by atoms with Crippen LogP contribution in [0, 0.1) is 0 Å². The zero-order chi connectivity index (χ0) is 14.8. The van der Waals surface area contributed by atoms with E-state index < -0.39 is 0 Å². The van der Waals surface area contributed by atoms with Gasteiger partial charge in [-0.05, 0) is 6.07 Å². The van der Waals surface area contributed by atoms with Crippen LogP contribution >= 0.6 is 11.8 Å². The lowest BCUT2D eigenvalue weighted by molar-refractivity contribution is 0.102. The Morgan fingerprint density at radius 1 is 1.33 bits per heavy atom. The number of fused-ring (bicyclic) bond motifs is 1. The van der Waals surface area contributed by atoms with Gasteiger partial charge < -0.3 is 0 Å². The minimum absolute atomic E-state index is 0.262. The van der Waals surface area contributed by atoms with Crippen molar-refractivity contribution in [3.63, 3.8) is 0 Å². The number of aromatic nitrogens is 5. The molecule has 0 aliphatic heterocycles. The van der Waals surface area contributed by atoms with Crippen LogP contribution < -0.4 is 5.32 Å². The fourth-order valence-corrected chi connectivity index (χ4v) is 2.56. The van der Waals surface area contributed by atoms with Crippen molar-refractivity contribution in [3.05, 3.63) is 30.0 Å². The summed E-state index contributed by atoms with van der Waals surface area (Å²) < 4.78 is 0. The van der Waals surface area contributed by atoms with E-state index in [1.54, 1.807) is 12.3 Å². The first-order chi connectivity index (χ1) is 10.1. The Bertz CT molecular complexity index is 778. The van der Waals surface area contributed by atoms with Gasteiger partial charge in [0.05, 0.1) is 17.3 Å². The second kappa shape index (κ2) is 5.57. The molecule has 1 aromatic carbocycles. The molecule has 3 N–H and O–H groups in total. The summed E-state index contributed by atoms with van der Waals surface area (Å²) in [6.45, 7) is 4.11. The van der Waals surface area contributed by atoms with Gasteiger partial charge in [-0.1, -0.05) is 37.7 Å². The highest BCUT2D eigenvalue weighted by atomic mass is 32.2. The van der Waals surface area contributed by atoms with Crippen LogP contribution in [-0.2, 0) is 0 Å². The molecule has 8 heteroatoms. The summed E-state index contributed by atoms with van der Waals surface area (Å²) in [4.78, 5) is 16.5. The molecule has 0 spiro atoms. The lowest BCUT2D eigenvalue weighted by atomic mass is 10.1. The molecule has 3 rings (SSSR count). The van der Waals surface area contributed by atoms with Crippen LogP contribution in [0.2, 0.25) is 0 Å². The highest BCUT2D eigenvalue weighted by molar-refractivity contribution is 7.99. The number of para-hydroxylation sites is 1. The number of anilines is 1. The lowest BCUT2D eigenvalue weighted by Gasteiger charge is -2.02. The molecule has 2 aromatic heterocycles. The molecule has 108 valence electrons. The Kier molecular flexibility index (Phi) is 3.61. The Hall–Kier alpha value is -2.35. The smallest absolute Gasteiger partial charge is 0.260 e. The third-order valence-electron chi connectivity index (χ3n) is 2.76. The monoisotopic (exact) mass is 302 g/mol. The number of benzene rings is 1. The minimum Gasteiger partial charge on any atom is -0.291 e. The van der Waals surface area contributed by atoms with Gasteiger partial charge in [0.1, 0.15) is 0 Å². The summed E-state index contributed by atoms with van der Waals surface area (Å²) in [5.41, 5.74) is 1.21. The number of nitrogens with one attached hydrogen (secondary N) is 3. The van der Waals surface area contributed by atoms with E-state index in [4.69, 9.17) is 0 Å². The van der Waals surface area contributed by atoms with Gasteiger partial charge in [-0.3, -0.25) is 15.2 Å². The van der Waals surface area contributed by atoms with E-state index in [0.717, 1.165) is 5.39 Å². The number of thioether (sulfide) groups is 1. The van der Waals surface area contributed by atoms with E-state index in [-0.39, 0.29) is 5.91 Å². The van der Waals surface area contributed by atoms with Crippen LogP contribution in [0.5, 0.6) is 0 Å². The van der Waals surface area contributed by atoms with Gasteiger partial charge in [0.15, 0.2) is 0 Å². The number of aromatic amines is 2. The Balaban J connectivity index is 1.80. The van der Waals surface area contributed by atoms with E-state index in [2.05, 4.69) is 44.5 Å². The van der Waals surface area contributed by atoms with E-state index in [9.17, 15) is 4.79 Å². The van der Waals surface area contributed by atoms with Crippen molar-refractivity contribution in [2.45, 2.75) is 24.3 Å². The predicted octanol–water partition coefficient (Wildman–Crippen LogP) is 2.43. The number of nitrogens with zero attached hydrogens (tertiary/aromatic N) is 3. The highest BCUT2D eigenvalue weighted by Gasteiger charge is 2.14. The van der Waals surface area contributed by atoms with Gasteiger partial charge in [0.2, 0.25) is 11.1 Å². The van der Waals surface area contributed by atoms with Crippen LogP contribution in [0.15, 0.2) is 29.6 Å². The van der Waals surface area contributed by atoms with Crippen LogP contribution in [0.3, 0.4) is 0 Å². The Morgan fingerprint density at radius 3 is 3.00 bits per heavy atom. The molecule has 0 atom stereocenters. The molecule has 0 radical (unpaired) electrons. The predicted molar refractivity (Wildman–Crippen MR) is 81.4 cm³/mol. The summed E-state index contributed by atoms with van der Waals surface area (Å²) in [5.74, 6) is 0.0711. The van der Waals surface area contributed by atoms with Gasteiger partial charge in [-0.15, -0.1) is 5.10 Å². The Morgan fingerprint density at radius 2 is 2.19 bits per heavy atom. The highest BCUT2D eigenvalue weighted by Crippen LogP contribution is 2.20. The number of rotatable bonds is 4. The molecule has 1 amide bonds. The quantitative estimate of drug-likeness (QED) is 0.643. The number of carbonyl (C=O) groups is 1. The maximum Gasteiger partial charge on any atom is 0.260 e. The van der Waals surface area contributed by atoms with Crippen LogP contribution in [0.25, 0.3) is 10.9 Å². The zero-order valence-electron chi connectivity index (χ0n) is 11.5. The standard InChI is InChI=1S/C13H14N6OS/c1-7(2)21-13-16-12(18-19-13)15-11(20)9-5-3-4-8-6-14-17-10(8)9/h3-7H,1-2H3,(H,14,17)(H2,15,16,18,19,20). The molecule has 0 aliphatic carbocycles. The first-order valence-electron chi connectivity index (χ1n) is 6.46. The lowest BCUT2D eigenvalue weighted by Crippen LogP contribution is -2.13. The van der Waals surface area contributed by atoms with Crippen molar-refractivity contribution in [2.75, 3.05) is 5.32 Å². The molecule has 0 saturated heterocycles. The normalized spacial score (nSPS) is 11.2. The van der Waals surface area contributed by atoms with Crippen LogP contribution in [0.4, 0.5) is 5.95 Å². The van der Waals surface area contributed by atoms with Gasteiger partial charge in [-0.2, -0.15) is 10.1 Å². The summed E-state index contributed by atoms with van der Waals surface area (Å²) in [7, 11) is 0. The van der Waals surface area contributed by atoms with Crippen molar-refractivity contribution in [2.24, 2.45) is 0 Å². The molecular formula is C13H14N6OS. The molecular weight excluding hydrogens is 288 g/mol. The first-order valence-corrected chi connectivity index (χ1v) is 7.34. The maximum atomic E-state index is 12.3. The average molecular weight is 302 g/mol. The fourth-order valence-electron chi connectivity index (χ4n) is 1.90. The van der Waals surface area contributed by atoms with E-state index in [1.807, 2.05) is 12.1 Å². The molecule has 0 saturated carbocycles. The molecule has 0 aliphatic rings. The number of H-pyrrole nitrogens is 2. The van der Waals surface area contributed by atoms with Crippen molar-refractivity contribution < 1.29 is 4.79 Å². The second-order valence-corrected chi connectivity index (χ2v) is 6.27. The second-order valence-electron chi connectivity index (χ2n) is 4.73. The van der Waals surface area contributed by atoms with Crippen LogP contribution in [-0.4, -0.2) is 36.5 Å². The van der Waals surface area contributed by atoms with Gasteiger partial charge in [0, 0.05) is 10.6 Å². The van der Waals surface area contributed by atoms with Gasteiger partial charge in [0.25, 0.3) is 5.91 Å². The third-order valence-corrected chi connectivity index (χ3v) is 3.62. The SMILES string of the molecule is CC(C)Sc1n[nH]c(NC(=O)c2cccc3cn[nH]c23)n1. The molecule has 0 fully saturated rings. The molecule has 3 aromatic rings. The van der Waals surface area contributed by atoms with Crippen molar-refractivity contribution in [1.29, 1.82) is 0 Å². The average Bonchev–Trinajstić information content (AvgIpc) is 3.06. The summed E-state index contributed by atoms with van der Waals surface area (Å²) >= 11 is 1.53. The summed E-state index contributed by atoms with van der Waals surface area (Å²) in [6, 6.07) is 5.44. The van der Waals surface area contributed by atoms with Crippen molar-refractivity contribution in [3.8, 4) is 0 Å².